The Balaban J connectivity index is 2.06. The normalized spacial score (nSPS) is 14.8. The maximum absolute atomic E-state index is 13.6. The Labute approximate surface area is 130 Å². The van der Waals surface area contributed by atoms with E-state index in [9.17, 15) is 9.18 Å². The molecule has 1 amide bonds. The Morgan fingerprint density at radius 2 is 2.00 bits per heavy atom. The molecule has 1 heterocycles. The van der Waals surface area contributed by atoms with Crippen molar-refractivity contribution >= 4 is 34.8 Å². The van der Waals surface area contributed by atoms with E-state index in [0.717, 1.165) is 5.56 Å². The third kappa shape index (κ3) is 2.50. The minimum absolute atomic E-state index is 0.0178. The van der Waals surface area contributed by atoms with Crippen molar-refractivity contribution in [2.45, 2.75) is 12.5 Å². The van der Waals surface area contributed by atoms with Gasteiger partial charge in [0.25, 0.3) is 0 Å². The summed E-state index contributed by atoms with van der Waals surface area (Å²) in [5.74, 6) is -0.616. The predicted molar refractivity (Wildman–Crippen MR) is 81.2 cm³/mol. The van der Waals surface area contributed by atoms with Crippen molar-refractivity contribution in [2.75, 3.05) is 5.32 Å². The maximum atomic E-state index is 13.6. The lowest BCUT2D eigenvalue weighted by molar-refractivity contribution is -0.115. The Hall–Kier alpha value is -1.62. The van der Waals surface area contributed by atoms with E-state index < -0.39 is 11.9 Å². The molecular formula is C15H11Cl2FN2O. The van der Waals surface area contributed by atoms with Gasteiger partial charge < -0.3 is 11.1 Å². The second kappa shape index (κ2) is 5.30. The first-order valence-electron chi connectivity index (χ1n) is 6.29. The van der Waals surface area contributed by atoms with Gasteiger partial charge in [-0.05, 0) is 34.9 Å². The smallest absolute Gasteiger partial charge is 0.228 e. The van der Waals surface area contributed by atoms with Crippen LogP contribution in [-0.2, 0) is 11.2 Å². The van der Waals surface area contributed by atoms with Crippen LogP contribution in [0.2, 0.25) is 10.0 Å². The third-order valence-corrected chi connectivity index (χ3v) is 4.23. The van der Waals surface area contributed by atoms with Gasteiger partial charge in [0, 0.05) is 10.7 Å². The van der Waals surface area contributed by atoms with E-state index >= 15 is 0 Å². The quantitative estimate of drug-likeness (QED) is 0.885. The van der Waals surface area contributed by atoms with Crippen molar-refractivity contribution in [3.63, 3.8) is 0 Å². The molecule has 0 aromatic heterocycles. The van der Waals surface area contributed by atoms with Crippen LogP contribution in [-0.4, -0.2) is 5.91 Å². The number of rotatable bonds is 2. The Morgan fingerprint density at radius 1 is 1.24 bits per heavy atom. The van der Waals surface area contributed by atoms with E-state index in [1.54, 1.807) is 24.3 Å². The van der Waals surface area contributed by atoms with Crippen molar-refractivity contribution in [2.24, 2.45) is 5.73 Å². The molecular weight excluding hydrogens is 314 g/mol. The molecule has 3 N–H and O–H groups in total. The summed E-state index contributed by atoms with van der Waals surface area (Å²) >= 11 is 12.2. The minimum atomic E-state index is -0.665. The molecule has 1 atom stereocenters. The average molecular weight is 325 g/mol. The molecule has 108 valence electrons. The van der Waals surface area contributed by atoms with E-state index in [-0.39, 0.29) is 17.4 Å². The molecule has 0 saturated carbocycles. The molecule has 0 aliphatic carbocycles. The summed E-state index contributed by atoms with van der Waals surface area (Å²) in [6.45, 7) is 0. The van der Waals surface area contributed by atoms with Gasteiger partial charge in [0.05, 0.1) is 17.5 Å². The summed E-state index contributed by atoms with van der Waals surface area (Å²) < 4.78 is 13.6. The molecule has 0 bridgehead atoms. The summed E-state index contributed by atoms with van der Waals surface area (Å²) in [4.78, 5) is 11.4. The number of carbonyl (C=O) groups excluding carboxylic acids is 1. The van der Waals surface area contributed by atoms with Crippen molar-refractivity contribution < 1.29 is 9.18 Å². The molecule has 0 radical (unpaired) electrons. The molecule has 21 heavy (non-hydrogen) atoms. The summed E-state index contributed by atoms with van der Waals surface area (Å²) in [5.41, 5.74) is 8.75. The molecule has 3 nitrogen and oxygen atoms in total. The van der Waals surface area contributed by atoms with Crippen LogP contribution in [0.15, 0.2) is 30.3 Å². The van der Waals surface area contributed by atoms with Crippen LogP contribution in [0.3, 0.4) is 0 Å². The van der Waals surface area contributed by atoms with Gasteiger partial charge >= 0.3 is 0 Å². The Bertz CT molecular complexity index is 749. The maximum Gasteiger partial charge on any atom is 0.228 e. The van der Waals surface area contributed by atoms with Crippen LogP contribution in [0.4, 0.5) is 10.1 Å². The largest absolute Gasteiger partial charge is 0.325 e. The number of carbonyl (C=O) groups is 1. The van der Waals surface area contributed by atoms with E-state index in [4.69, 9.17) is 28.9 Å². The number of amides is 1. The molecule has 1 aliphatic heterocycles. The van der Waals surface area contributed by atoms with Crippen LogP contribution in [0.1, 0.15) is 22.7 Å². The van der Waals surface area contributed by atoms with Gasteiger partial charge in [-0.3, -0.25) is 4.79 Å². The van der Waals surface area contributed by atoms with E-state index in [1.165, 1.54) is 6.07 Å². The number of hydrogen-bond donors (Lipinski definition) is 2. The number of anilines is 1. The lowest BCUT2D eigenvalue weighted by Gasteiger charge is -2.17. The molecule has 2 aromatic carbocycles. The van der Waals surface area contributed by atoms with Crippen LogP contribution < -0.4 is 11.1 Å². The molecule has 1 unspecified atom stereocenters. The zero-order valence-electron chi connectivity index (χ0n) is 10.8. The monoisotopic (exact) mass is 324 g/mol. The fourth-order valence-electron chi connectivity index (χ4n) is 2.43. The third-order valence-electron chi connectivity index (χ3n) is 3.50. The molecule has 0 spiro atoms. The topological polar surface area (TPSA) is 55.1 Å². The number of hydrogen-bond acceptors (Lipinski definition) is 2. The molecule has 0 saturated heterocycles. The van der Waals surface area contributed by atoms with Gasteiger partial charge in [0.2, 0.25) is 5.91 Å². The Morgan fingerprint density at radius 3 is 2.76 bits per heavy atom. The van der Waals surface area contributed by atoms with Crippen LogP contribution in [0.25, 0.3) is 0 Å². The highest BCUT2D eigenvalue weighted by Gasteiger charge is 2.23. The van der Waals surface area contributed by atoms with E-state index in [0.29, 0.717) is 21.8 Å². The van der Waals surface area contributed by atoms with Gasteiger partial charge in [0.15, 0.2) is 0 Å². The van der Waals surface area contributed by atoms with E-state index in [1.807, 2.05) is 0 Å². The number of halogens is 3. The molecule has 0 fully saturated rings. The first kappa shape index (κ1) is 14.3. The highest BCUT2D eigenvalue weighted by molar-refractivity contribution is 6.32. The SMILES string of the molecule is NC(c1cc2c(cc1Cl)NC(=O)C2)c1cccc(F)c1Cl. The van der Waals surface area contributed by atoms with Gasteiger partial charge in [0.1, 0.15) is 5.82 Å². The molecule has 1 aliphatic rings. The average Bonchev–Trinajstić information content (AvgIpc) is 2.79. The first-order valence-corrected chi connectivity index (χ1v) is 7.04. The number of nitrogens with one attached hydrogen (secondary N) is 1. The highest BCUT2D eigenvalue weighted by atomic mass is 35.5. The predicted octanol–water partition coefficient (Wildman–Crippen LogP) is 3.68. The summed E-state index contributed by atoms with van der Waals surface area (Å²) in [6.07, 6.45) is 0.281. The lowest BCUT2D eigenvalue weighted by Crippen LogP contribution is -2.14. The van der Waals surface area contributed by atoms with Crippen molar-refractivity contribution in [3.8, 4) is 0 Å². The fourth-order valence-corrected chi connectivity index (χ4v) is 2.96. The van der Waals surface area contributed by atoms with E-state index in [2.05, 4.69) is 5.32 Å². The van der Waals surface area contributed by atoms with Crippen LogP contribution in [0.5, 0.6) is 0 Å². The summed E-state index contributed by atoms with van der Waals surface area (Å²) in [6, 6.07) is 7.23. The standard InChI is InChI=1S/C15H11Cl2FN2O/c16-10-6-12-7(5-13(21)20-12)4-9(10)15(19)8-2-1-3-11(18)14(8)17/h1-4,6,15H,5,19H2,(H,20,21). The molecule has 2 aromatic rings. The van der Waals surface area contributed by atoms with Crippen molar-refractivity contribution in [1.82, 2.24) is 0 Å². The summed E-state index contributed by atoms with van der Waals surface area (Å²) in [7, 11) is 0. The van der Waals surface area contributed by atoms with Gasteiger partial charge in [-0.15, -0.1) is 0 Å². The number of fused-ring (bicyclic) bond motifs is 1. The van der Waals surface area contributed by atoms with Crippen LogP contribution in [0, 0.1) is 5.82 Å². The van der Waals surface area contributed by atoms with Crippen molar-refractivity contribution in [1.29, 1.82) is 0 Å². The fraction of sp³-hybridized carbons (Fsp3) is 0.133. The van der Waals surface area contributed by atoms with Gasteiger partial charge in [-0.2, -0.15) is 0 Å². The summed E-state index contributed by atoms with van der Waals surface area (Å²) in [5, 5.41) is 3.10. The second-order valence-corrected chi connectivity index (χ2v) is 5.66. The Kier molecular flexibility index (Phi) is 3.61. The zero-order chi connectivity index (χ0) is 15.1. The van der Waals surface area contributed by atoms with Crippen molar-refractivity contribution in [3.05, 3.63) is 62.9 Å². The number of nitrogens with two attached hydrogens (primary N) is 1. The van der Waals surface area contributed by atoms with Gasteiger partial charge in [-0.25, -0.2) is 4.39 Å². The zero-order valence-corrected chi connectivity index (χ0v) is 12.3. The lowest BCUT2D eigenvalue weighted by atomic mass is 9.97. The minimum Gasteiger partial charge on any atom is -0.325 e. The van der Waals surface area contributed by atoms with Gasteiger partial charge in [-0.1, -0.05) is 35.3 Å². The number of benzene rings is 2. The second-order valence-electron chi connectivity index (χ2n) is 4.88. The first-order chi connectivity index (χ1) is 9.97. The van der Waals surface area contributed by atoms with Crippen LogP contribution >= 0.6 is 23.2 Å². The highest BCUT2D eigenvalue weighted by Crippen LogP contribution is 2.36. The molecule has 3 rings (SSSR count). The molecule has 6 heteroatoms.